The number of carbonyl (C=O) groups is 1. The normalized spacial score (nSPS) is 10.6. The van der Waals surface area contributed by atoms with Crippen LogP contribution in [0.25, 0.3) is 11.1 Å². The van der Waals surface area contributed by atoms with Gasteiger partial charge in [0, 0.05) is 16.1 Å². The van der Waals surface area contributed by atoms with E-state index < -0.39 is 5.97 Å². The first-order valence-corrected chi connectivity index (χ1v) is 7.06. The second-order valence-electron chi connectivity index (χ2n) is 4.06. The molecular weight excluding hydrogens is 342 g/mol. The van der Waals surface area contributed by atoms with Gasteiger partial charge in [-0.05, 0) is 23.8 Å². The van der Waals surface area contributed by atoms with E-state index >= 15 is 0 Å². The molecule has 0 heterocycles. The third-order valence-electron chi connectivity index (χ3n) is 2.74. The van der Waals surface area contributed by atoms with Gasteiger partial charge in [0.25, 0.3) is 0 Å². The highest BCUT2D eigenvalue weighted by Gasteiger charge is 2.19. The monoisotopic (exact) mass is 348 g/mol. The van der Waals surface area contributed by atoms with Crippen LogP contribution in [0.3, 0.4) is 0 Å². The van der Waals surface area contributed by atoms with Crippen LogP contribution >= 0.6 is 46.4 Å². The van der Waals surface area contributed by atoms with E-state index in [4.69, 9.17) is 51.5 Å². The van der Waals surface area contributed by atoms with Gasteiger partial charge >= 0.3 is 5.97 Å². The largest absolute Gasteiger partial charge is 0.481 e. The topological polar surface area (TPSA) is 37.3 Å². The zero-order valence-corrected chi connectivity index (χ0v) is 13.0. The minimum absolute atomic E-state index is 0.185. The third-order valence-corrected chi connectivity index (χ3v) is 4.17. The second-order valence-corrected chi connectivity index (χ2v) is 5.66. The maximum absolute atomic E-state index is 11.0. The van der Waals surface area contributed by atoms with Gasteiger partial charge in [0.15, 0.2) is 0 Å². The van der Waals surface area contributed by atoms with Crippen LogP contribution in [0, 0.1) is 0 Å². The molecule has 2 rings (SSSR count). The van der Waals surface area contributed by atoms with E-state index in [0.717, 1.165) is 0 Å². The lowest BCUT2D eigenvalue weighted by Crippen LogP contribution is -2.02. The average molecular weight is 350 g/mol. The lowest BCUT2D eigenvalue weighted by atomic mass is 9.97. The molecule has 104 valence electrons. The van der Waals surface area contributed by atoms with Gasteiger partial charge in [0.2, 0.25) is 0 Å². The van der Waals surface area contributed by atoms with Crippen LogP contribution in [0.4, 0.5) is 0 Å². The number of hydrogen-bond donors (Lipinski definition) is 1. The Morgan fingerprint density at radius 1 is 0.900 bits per heavy atom. The van der Waals surface area contributed by atoms with E-state index in [1.807, 2.05) is 0 Å². The molecule has 2 aromatic rings. The molecule has 2 nitrogen and oxygen atoms in total. The lowest BCUT2D eigenvalue weighted by Gasteiger charge is -2.14. The number of carboxylic acid groups (broad SMARTS) is 1. The van der Waals surface area contributed by atoms with Crippen LogP contribution in [-0.2, 0) is 11.2 Å². The number of carboxylic acids is 1. The number of rotatable bonds is 3. The Hall–Kier alpha value is -0.930. The molecule has 0 fully saturated rings. The zero-order chi connectivity index (χ0) is 14.9. The Morgan fingerprint density at radius 2 is 1.50 bits per heavy atom. The Balaban J connectivity index is 2.75. The van der Waals surface area contributed by atoms with Crippen LogP contribution in [0.5, 0.6) is 0 Å². The molecule has 0 unspecified atom stereocenters. The first-order chi connectivity index (χ1) is 9.41. The van der Waals surface area contributed by atoms with Gasteiger partial charge in [-0.2, -0.15) is 0 Å². The van der Waals surface area contributed by atoms with Crippen LogP contribution < -0.4 is 0 Å². The summed E-state index contributed by atoms with van der Waals surface area (Å²) in [4.78, 5) is 11.0. The molecule has 0 aliphatic heterocycles. The molecule has 0 radical (unpaired) electrons. The highest BCUT2D eigenvalue weighted by molar-refractivity contribution is 6.47. The minimum atomic E-state index is -0.970. The summed E-state index contributed by atoms with van der Waals surface area (Å²) in [5, 5.41) is 10.3. The van der Waals surface area contributed by atoms with Gasteiger partial charge in [-0.1, -0.05) is 58.5 Å². The molecule has 20 heavy (non-hydrogen) atoms. The number of halogens is 4. The first-order valence-electron chi connectivity index (χ1n) is 5.55. The van der Waals surface area contributed by atoms with Crippen molar-refractivity contribution in [1.82, 2.24) is 0 Å². The van der Waals surface area contributed by atoms with E-state index in [1.54, 1.807) is 30.3 Å². The number of aliphatic carboxylic acids is 1. The van der Waals surface area contributed by atoms with E-state index in [0.29, 0.717) is 31.8 Å². The summed E-state index contributed by atoms with van der Waals surface area (Å²) in [5.41, 5.74) is 1.47. The summed E-state index contributed by atoms with van der Waals surface area (Å²) < 4.78 is 0. The highest BCUT2D eigenvalue weighted by Crippen LogP contribution is 2.43. The van der Waals surface area contributed by atoms with Gasteiger partial charge < -0.3 is 5.11 Å². The molecule has 6 heteroatoms. The van der Waals surface area contributed by atoms with Gasteiger partial charge in [0.05, 0.1) is 21.5 Å². The SMILES string of the molecule is O=C(O)Cc1cccc(Cl)c1-c1c(Cl)ccc(Cl)c1Cl. The first kappa shape index (κ1) is 15.5. The molecule has 0 saturated carbocycles. The predicted molar refractivity (Wildman–Crippen MR) is 83.3 cm³/mol. The standard InChI is InChI=1S/C14H8Cl4O2/c15-8-3-1-2-7(6-11(19)20)12(8)13-9(16)4-5-10(17)14(13)18/h1-5H,6H2,(H,19,20). The molecule has 0 aliphatic rings. The van der Waals surface area contributed by atoms with Crippen molar-refractivity contribution < 1.29 is 9.90 Å². The van der Waals surface area contributed by atoms with Crippen molar-refractivity contribution in [2.75, 3.05) is 0 Å². The van der Waals surface area contributed by atoms with Crippen molar-refractivity contribution >= 4 is 52.4 Å². The van der Waals surface area contributed by atoms with Crippen molar-refractivity contribution in [2.45, 2.75) is 6.42 Å². The van der Waals surface area contributed by atoms with E-state index in [-0.39, 0.29) is 11.4 Å². The summed E-state index contributed by atoms with van der Waals surface area (Å²) >= 11 is 24.5. The van der Waals surface area contributed by atoms with Crippen molar-refractivity contribution in [2.24, 2.45) is 0 Å². The highest BCUT2D eigenvalue weighted by atomic mass is 35.5. The zero-order valence-electron chi connectivity index (χ0n) is 9.96. The van der Waals surface area contributed by atoms with E-state index in [1.165, 1.54) is 0 Å². The second kappa shape index (κ2) is 6.23. The Morgan fingerprint density at radius 3 is 2.15 bits per heavy atom. The van der Waals surface area contributed by atoms with Crippen LogP contribution in [0.1, 0.15) is 5.56 Å². The lowest BCUT2D eigenvalue weighted by molar-refractivity contribution is -0.136. The minimum Gasteiger partial charge on any atom is -0.481 e. The van der Waals surface area contributed by atoms with Gasteiger partial charge in [0.1, 0.15) is 0 Å². The van der Waals surface area contributed by atoms with Crippen molar-refractivity contribution in [3.05, 3.63) is 56.0 Å². The average Bonchev–Trinajstić information content (AvgIpc) is 2.37. The van der Waals surface area contributed by atoms with Gasteiger partial charge in [-0.15, -0.1) is 0 Å². The summed E-state index contributed by atoms with van der Waals surface area (Å²) in [6.45, 7) is 0. The molecule has 0 aromatic heterocycles. The molecule has 0 spiro atoms. The van der Waals surface area contributed by atoms with E-state index in [9.17, 15) is 4.79 Å². The molecule has 0 bridgehead atoms. The molecule has 0 amide bonds. The summed E-state index contributed by atoms with van der Waals surface area (Å²) in [7, 11) is 0. The van der Waals surface area contributed by atoms with Crippen molar-refractivity contribution in [3.63, 3.8) is 0 Å². The smallest absolute Gasteiger partial charge is 0.307 e. The Kier molecular flexibility index (Phi) is 4.82. The molecule has 0 saturated heterocycles. The predicted octanol–water partition coefficient (Wildman–Crippen LogP) is 5.59. The Bertz CT molecular complexity index is 683. The van der Waals surface area contributed by atoms with Crippen molar-refractivity contribution in [1.29, 1.82) is 0 Å². The third kappa shape index (κ3) is 3.04. The van der Waals surface area contributed by atoms with Crippen molar-refractivity contribution in [3.8, 4) is 11.1 Å². The Labute approximate surface area is 135 Å². The maximum atomic E-state index is 11.0. The molecule has 0 aliphatic carbocycles. The summed E-state index contributed by atoms with van der Waals surface area (Å²) in [6, 6.07) is 8.16. The van der Waals surface area contributed by atoms with Crippen LogP contribution in [0.15, 0.2) is 30.3 Å². The molecule has 0 atom stereocenters. The summed E-state index contributed by atoms with van der Waals surface area (Å²) in [6.07, 6.45) is -0.185. The fraction of sp³-hybridized carbons (Fsp3) is 0.0714. The number of benzene rings is 2. The molecular formula is C14H8Cl4O2. The van der Waals surface area contributed by atoms with Crippen LogP contribution in [0.2, 0.25) is 20.1 Å². The fourth-order valence-corrected chi connectivity index (χ4v) is 2.92. The maximum Gasteiger partial charge on any atom is 0.307 e. The van der Waals surface area contributed by atoms with Gasteiger partial charge in [-0.25, -0.2) is 0 Å². The quantitative estimate of drug-likeness (QED) is 0.733. The molecule has 2 aromatic carbocycles. The summed E-state index contributed by atoms with van der Waals surface area (Å²) in [5.74, 6) is -0.970. The van der Waals surface area contributed by atoms with Crippen LogP contribution in [-0.4, -0.2) is 11.1 Å². The number of hydrogen-bond acceptors (Lipinski definition) is 1. The molecule has 1 N–H and O–H groups in total. The fourth-order valence-electron chi connectivity index (χ4n) is 1.92. The van der Waals surface area contributed by atoms with Gasteiger partial charge in [-0.3, -0.25) is 4.79 Å². The van der Waals surface area contributed by atoms with E-state index in [2.05, 4.69) is 0 Å².